The number of anilines is 2. The molecule has 0 amide bonds. The Balaban J connectivity index is 2.53. The van der Waals surface area contributed by atoms with Gasteiger partial charge in [-0.2, -0.15) is 10.4 Å². The lowest BCUT2D eigenvalue weighted by atomic mass is 10.2. The molecule has 0 bridgehead atoms. The van der Waals surface area contributed by atoms with Crippen LogP contribution in [0.4, 0.5) is 17.2 Å². The average Bonchev–Trinajstić information content (AvgIpc) is 2.83. The first kappa shape index (κ1) is 14.5. The Labute approximate surface area is 122 Å². The Kier molecular flexibility index (Phi) is 3.89. The van der Waals surface area contributed by atoms with Gasteiger partial charge in [-0.25, -0.2) is 4.68 Å². The van der Waals surface area contributed by atoms with E-state index in [4.69, 9.17) is 5.26 Å². The van der Waals surface area contributed by atoms with Gasteiger partial charge >= 0.3 is 5.69 Å². The van der Waals surface area contributed by atoms with Gasteiger partial charge in [0.15, 0.2) is 0 Å². The number of nitrogens with zero attached hydrogens (tertiary/aromatic N) is 5. The van der Waals surface area contributed by atoms with Gasteiger partial charge in [0.05, 0.1) is 16.6 Å². The summed E-state index contributed by atoms with van der Waals surface area (Å²) in [4.78, 5) is 12.6. The van der Waals surface area contributed by atoms with Crippen LogP contribution in [0.1, 0.15) is 18.2 Å². The third-order valence-corrected chi connectivity index (χ3v) is 3.25. The molecule has 2 aromatic rings. The highest BCUT2D eigenvalue weighted by atomic mass is 16.6. The second-order valence-corrected chi connectivity index (χ2v) is 4.55. The number of nitriles is 1. The second-order valence-electron chi connectivity index (χ2n) is 4.55. The van der Waals surface area contributed by atoms with Crippen LogP contribution < -0.4 is 4.90 Å². The number of hydrogen-bond donors (Lipinski definition) is 0. The third kappa shape index (κ3) is 2.56. The highest BCUT2D eigenvalue weighted by molar-refractivity contribution is 5.70. The second kappa shape index (κ2) is 5.63. The van der Waals surface area contributed by atoms with Crippen LogP contribution in [-0.4, -0.2) is 21.8 Å². The van der Waals surface area contributed by atoms with Crippen molar-refractivity contribution in [2.24, 2.45) is 0 Å². The molecule has 1 heterocycles. The Bertz CT molecular complexity index is 712. The van der Waals surface area contributed by atoms with E-state index in [1.165, 1.54) is 0 Å². The average molecular weight is 285 g/mol. The lowest BCUT2D eigenvalue weighted by Gasteiger charge is -2.19. The highest BCUT2D eigenvalue weighted by Gasteiger charge is 2.28. The van der Waals surface area contributed by atoms with Crippen molar-refractivity contribution in [3.8, 4) is 6.07 Å². The summed E-state index contributed by atoms with van der Waals surface area (Å²) in [7, 11) is 1.75. The molecule has 108 valence electrons. The fourth-order valence-electron chi connectivity index (χ4n) is 2.21. The molecule has 0 atom stereocenters. The zero-order valence-electron chi connectivity index (χ0n) is 12.1. The fourth-order valence-corrected chi connectivity index (χ4v) is 2.21. The van der Waals surface area contributed by atoms with Crippen LogP contribution in [0.3, 0.4) is 0 Å². The van der Waals surface area contributed by atoms with Crippen LogP contribution in [0.15, 0.2) is 24.3 Å². The van der Waals surface area contributed by atoms with Gasteiger partial charge < -0.3 is 4.90 Å². The van der Waals surface area contributed by atoms with Crippen molar-refractivity contribution in [2.45, 2.75) is 20.4 Å². The van der Waals surface area contributed by atoms with Gasteiger partial charge in [0.2, 0.25) is 5.82 Å². The molecular weight excluding hydrogens is 270 g/mol. The molecule has 0 saturated carbocycles. The molecular formula is C14H15N5O2. The summed E-state index contributed by atoms with van der Waals surface area (Å²) < 4.78 is 1.60. The van der Waals surface area contributed by atoms with E-state index in [0.29, 0.717) is 23.6 Å². The molecule has 0 spiro atoms. The zero-order valence-corrected chi connectivity index (χ0v) is 12.1. The Morgan fingerprint density at radius 2 is 2.05 bits per heavy atom. The molecule has 1 aromatic carbocycles. The Hall–Kier alpha value is -2.88. The molecule has 0 aliphatic rings. The predicted octanol–water partition coefficient (Wildman–Crippen LogP) is 2.76. The summed E-state index contributed by atoms with van der Waals surface area (Å²) in [6, 6.07) is 8.91. The minimum atomic E-state index is -0.413. The van der Waals surface area contributed by atoms with Crippen molar-refractivity contribution >= 4 is 17.2 Å². The number of benzene rings is 1. The smallest absolute Gasteiger partial charge is 0.324 e. The number of hydrogen-bond acceptors (Lipinski definition) is 5. The van der Waals surface area contributed by atoms with Crippen LogP contribution in [0.5, 0.6) is 0 Å². The lowest BCUT2D eigenvalue weighted by molar-refractivity contribution is -0.384. The minimum Gasteiger partial charge on any atom is -0.324 e. The number of aromatic nitrogens is 2. The summed E-state index contributed by atoms with van der Waals surface area (Å²) in [6.45, 7) is 4.04. The van der Waals surface area contributed by atoms with E-state index in [2.05, 4.69) is 5.10 Å². The number of aryl methyl sites for hydroxylation is 2. The Morgan fingerprint density at radius 3 is 2.52 bits per heavy atom. The van der Waals surface area contributed by atoms with Crippen molar-refractivity contribution in [1.82, 2.24) is 9.78 Å². The van der Waals surface area contributed by atoms with Crippen molar-refractivity contribution in [3.05, 3.63) is 45.6 Å². The van der Waals surface area contributed by atoms with Gasteiger partial charge in [-0.1, -0.05) is 0 Å². The van der Waals surface area contributed by atoms with Crippen LogP contribution in [0, 0.1) is 28.4 Å². The number of rotatable bonds is 4. The van der Waals surface area contributed by atoms with Gasteiger partial charge in [-0.05, 0) is 38.1 Å². The van der Waals surface area contributed by atoms with Gasteiger partial charge in [0.1, 0.15) is 5.69 Å². The molecule has 0 fully saturated rings. The van der Waals surface area contributed by atoms with E-state index in [1.54, 1.807) is 47.8 Å². The summed E-state index contributed by atoms with van der Waals surface area (Å²) >= 11 is 0. The molecule has 2 rings (SSSR count). The molecule has 7 nitrogen and oxygen atoms in total. The van der Waals surface area contributed by atoms with Crippen LogP contribution in [0.2, 0.25) is 0 Å². The van der Waals surface area contributed by atoms with Gasteiger partial charge in [0, 0.05) is 19.3 Å². The monoisotopic (exact) mass is 285 g/mol. The molecule has 0 unspecified atom stereocenters. The maximum Gasteiger partial charge on any atom is 0.334 e. The van der Waals surface area contributed by atoms with E-state index < -0.39 is 4.92 Å². The molecule has 0 radical (unpaired) electrons. The van der Waals surface area contributed by atoms with Gasteiger partial charge in [-0.15, -0.1) is 0 Å². The van der Waals surface area contributed by atoms with Crippen molar-refractivity contribution < 1.29 is 4.92 Å². The fraction of sp³-hybridized carbons (Fsp3) is 0.286. The molecule has 7 heteroatoms. The first-order valence-corrected chi connectivity index (χ1v) is 6.45. The minimum absolute atomic E-state index is 0.00343. The van der Waals surface area contributed by atoms with Crippen LogP contribution in [-0.2, 0) is 6.54 Å². The standard InChI is InChI=1S/C14H15N5O2/c1-4-18-14(13(19(20)21)10(2)16-18)17(3)12-7-5-11(9-15)6-8-12/h5-8H,4H2,1-3H3. The van der Waals surface area contributed by atoms with Crippen LogP contribution >= 0.6 is 0 Å². The molecule has 0 aliphatic heterocycles. The van der Waals surface area contributed by atoms with E-state index in [1.807, 2.05) is 13.0 Å². The van der Waals surface area contributed by atoms with E-state index >= 15 is 0 Å². The quantitative estimate of drug-likeness (QED) is 0.636. The molecule has 0 saturated heterocycles. The van der Waals surface area contributed by atoms with E-state index in [0.717, 1.165) is 5.69 Å². The summed E-state index contributed by atoms with van der Waals surface area (Å²) in [6.07, 6.45) is 0. The van der Waals surface area contributed by atoms with Gasteiger partial charge in [-0.3, -0.25) is 10.1 Å². The topological polar surface area (TPSA) is 88.0 Å². The third-order valence-electron chi connectivity index (χ3n) is 3.25. The molecule has 0 aliphatic carbocycles. The maximum absolute atomic E-state index is 11.3. The van der Waals surface area contributed by atoms with Crippen LogP contribution in [0.25, 0.3) is 0 Å². The lowest BCUT2D eigenvalue weighted by Crippen LogP contribution is -2.16. The van der Waals surface area contributed by atoms with E-state index in [-0.39, 0.29) is 5.69 Å². The maximum atomic E-state index is 11.3. The van der Waals surface area contributed by atoms with Crippen molar-refractivity contribution in [3.63, 3.8) is 0 Å². The summed E-state index contributed by atoms with van der Waals surface area (Å²) in [5.74, 6) is 0.435. The highest BCUT2D eigenvalue weighted by Crippen LogP contribution is 2.34. The SMILES string of the molecule is CCn1nc(C)c([N+](=O)[O-])c1N(C)c1ccc(C#N)cc1. The number of nitro groups is 1. The summed E-state index contributed by atoms with van der Waals surface area (Å²) in [5, 5.41) is 24.3. The molecule has 0 N–H and O–H groups in total. The largest absolute Gasteiger partial charge is 0.334 e. The van der Waals surface area contributed by atoms with E-state index in [9.17, 15) is 10.1 Å². The molecule has 1 aromatic heterocycles. The van der Waals surface area contributed by atoms with Gasteiger partial charge in [0.25, 0.3) is 0 Å². The normalized spacial score (nSPS) is 10.2. The predicted molar refractivity (Wildman–Crippen MR) is 78.5 cm³/mol. The van der Waals surface area contributed by atoms with Crippen molar-refractivity contribution in [2.75, 3.05) is 11.9 Å². The molecule has 21 heavy (non-hydrogen) atoms. The first-order chi connectivity index (χ1) is 9.99. The first-order valence-electron chi connectivity index (χ1n) is 6.45. The van der Waals surface area contributed by atoms with Crippen molar-refractivity contribution in [1.29, 1.82) is 5.26 Å². The Morgan fingerprint density at radius 1 is 1.43 bits per heavy atom. The zero-order chi connectivity index (χ0) is 15.6. The summed E-state index contributed by atoms with van der Waals surface area (Å²) in [5.41, 5.74) is 1.69.